The molecule has 4 rings (SSSR count). The average molecular weight is 726 g/mol. The molecule has 1 aliphatic rings. The average Bonchev–Trinajstić information content (AvgIpc) is 3.74. The van der Waals surface area contributed by atoms with Gasteiger partial charge in [-0.3, -0.25) is 28.0 Å². The van der Waals surface area contributed by atoms with Crippen LogP contribution >= 0.6 is 7.82 Å². The minimum atomic E-state index is -5.10. The summed E-state index contributed by atoms with van der Waals surface area (Å²) in [6.07, 6.45) is -1.08. The molecule has 1 fully saturated rings. The molecule has 0 bridgehead atoms. The van der Waals surface area contributed by atoms with Gasteiger partial charge in [-0.25, -0.2) is 32.7 Å². The van der Waals surface area contributed by atoms with Gasteiger partial charge in [0.2, 0.25) is 0 Å². The highest BCUT2D eigenvalue weighted by atomic mass is 31.2. The molecule has 6 unspecified atom stereocenters. The number of nitrogens with zero attached hydrogens (tertiary/aromatic N) is 7. The van der Waals surface area contributed by atoms with Crippen molar-refractivity contribution in [3.05, 3.63) is 60.7 Å². The smallest absolute Gasteiger partial charge is 0.463 e. The molecular weight excluding hydrogens is 691 g/mol. The predicted molar refractivity (Wildman–Crippen MR) is 160 cm³/mol. The Hall–Kier alpha value is -4.67. The van der Waals surface area contributed by atoms with E-state index in [2.05, 4.69) is 20.2 Å². The zero-order valence-corrected chi connectivity index (χ0v) is 28.2. The van der Waals surface area contributed by atoms with Crippen molar-refractivity contribution >= 4 is 25.7 Å². The maximum Gasteiger partial charge on any atom is 0.478 e. The quantitative estimate of drug-likeness (QED) is 0.0897. The molecular formula is C29H34F2N7O11P. The predicted octanol–water partition coefficient (Wildman–Crippen LogP) is 2.60. The second-order valence-electron chi connectivity index (χ2n) is 11.0. The summed E-state index contributed by atoms with van der Waals surface area (Å²) in [5.74, 6) is -5.42. The normalized spacial score (nSPS) is 21.8. The van der Waals surface area contributed by atoms with Crippen LogP contribution in [0.3, 0.4) is 0 Å². The molecule has 3 heterocycles. The Bertz CT molecular complexity index is 1670. The summed E-state index contributed by atoms with van der Waals surface area (Å²) in [7, 11) is -5.10. The second-order valence-corrected chi connectivity index (χ2v) is 12.6. The van der Waals surface area contributed by atoms with Crippen molar-refractivity contribution in [2.24, 2.45) is 5.92 Å². The second kappa shape index (κ2) is 16.8. The number of aromatic nitrogens is 6. The van der Waals surface area contributed by atoms with Crippen molar-refractivity contribution in [1.29, 1.82) is 5.26 Å². The van der Waals surface area contributed by atoms with Gasteiger partial charge in [-0.15, -0.1) is 0 Å². The highest BCUT2D eigenvalue weighted by Crippen LogP contribution is 2.58. The lowest BCUT2D eigenvalue weighted by molar-refractivity contribution is -0.272. The number of esters is 3. The van der Waals surface area contributed by atoms with E-state index in [4.69, 9.17) is 32.5 Å². The van der Waals surface area contributed by atoms with E-state index in [1.165, 1.54) is 41.6 Å². The fraction of sp³-hybridized carbons (Fsp3) is 0.517. The first-order valence-electron chi connectivity index (χ1n) is 15.0. The molecule has 18 nitrogen and oxygen atoms in total. The molecule has 3 aromatic rings. The molecule has 0 aliphatic carbocycles. The van der Waals surface area contributed by atoms with Crippen molar-refractivity contribution in [3.63, 3.8) is 0 Å². The highest BCUT2D eigenvalue weighted by molar-refractivity contribution is 7.48. The third kappa shape index (κ3) is 9.95. The summed E-state index contributed by atoms with van der Waals surface area (Å²) in [6.45, 7) is 2.84. The number of phosphoric acid groups is 1. The summed E-state index contributed by atoms with van der Waals surface area (Å²) in [6, 6.07) is 4.43. The van der Waals surface area contributed by atoms with E-state index in [9.17, 15) is 28.6 Å². The summed E-state index contributed by atoms with van der Waals surface area (Å²) < 4.78 is 87.0. The monoisotopic (exact) mass is 725 g/mol. The molecule has 21 heteroatoms. The van der Waals surface area contributed by atoms with Crippen LogP contribution in [0.4, 0.5) is 8.78 Å². The van der Waals surface area contributed by atoms with Gasteiger partial charge < -0.3 is 18.9 Å². The first-order chi connectivity index (χ1) is 23.7. The van der Waals surface area contributed by atoms with E-state index in [-0.39, 0.29) is 12.0 Å². The SMILES string of the molecule is CC(=O)OCC1OC(OP(=O)(OCCC#N)OC(Cn2cncn2)(Cn2cncn2)c2ccc(F)cc2F)C(C)C(OC(C)=O)C1OC(C)=O. The van der Waals surface area contributed by atoms with Crippen LogP contribution in [-0.2, 0) is 70.2 Å². The van der Waals surface area contributed by atoms with E-state index in [0.717, 1.165) is 32.9 Å². The molecule has 0 spiro atoms. The van der Waals surface area contributed by atoms with Gasteiger partial charge in [0.1, 0.15) is 61.4 Å². The standard InChI is InChI=1S/C29H34F2N7O11P/c1-18-26(45-20(3)40)27(46-21(4)41)25(11-43-19(2)39)47-28(18)48-50(42,44-9-5-8-32)49-29(12-37-16-33-14-35-37,13-38-17-34-15-36-38)23-7-6-22(30)10-24(23)31/h6-7,10,14-18,25-28H,5,9,11-13H2,1-4H3. The topological polar surface area (TPSA) is 218 Å². The van der Waals surface area contributed by atoms with Gasteiger partial charge in [-0.05, 0) is 6.07 Å². The molecule has 0 N–H and O–H groups in total. The first kappa shape index (κ1) is 38.1. The Morgan fingerprint density at radius 1 is 1.00 bits per heavy atom. The number of hydrogen-bond acceptors (Lipinski definition) is 16. The van der Waals surface area contributed by atoms with Gasteiger partial charge in [-0.1, -0.05) is 13.0 Å². The van der Waals surface area contributed by atoms with E-state index in [0.29, 0.717) is 6.07 Å². The largest absolute Gasteiger partial charge is 0.478 e. The van der Waals surface area contributed by atoms with Crippen molar-refractivity contribution in [3.8, 4) is 6.07 Å². The van der Waals surface area contributed by atoms with Crippen LogP contribution < -0.4 is 0 Å². The van der Waals surface area contributed by atoms with Gasteiger partial charge in [0.25, 0.3) is 0 Å². The number of ether oxygens (including phenoxy) is 4. The van der Waals surface area contributed by atoms with Crippen LogP contribution in [0.15, 0.2) is 43.5 Å². The lowest BCUT2D eigenvalue weighted by Crippen LogP contribution is -2.58. The lowest BCUT2D eigenvalue weighted by Gasteiger charge is -2.44. The van der Waals surface area contributed by atoms with Gasteiger partial charge in [-0.2, -0.15) is 15.5 Å². The molecule has 6 atom stereocenters. The van der Waals surface area contributed by atoms with E-state index < -0.39 is 99.8 Å². The molecule has 270 valence electrons. The Kier molecular flexibility index (Phi) is 12.8. The van der Waals surface area contributed by atoms with E-state index >= 15 is 4.39 Å². The van der Waals surface area contributed by atoms with Crippen LogP contribution in [0.2, 0.25) is 0 Å². The molecule has 0 amide bonds. The van der Waals surface area contributed by atoms with Crippen LogP contribution in [-0.4, -0.2) is 85.3 Å². The van der Waals surface area contributed by atoms with Gasteiger partial charge in [0.05, 0.1) is 32.2 Å². The minimum Gasteiger partial charge on any atom is -0.463 e. The third-order valence-corrected chi connectivity index (χ3v) is 8.71. The number of phosphoric ester groups is 1. The fourth-order valence-corrected chi connectivity index (χ4v) is 6.76. The molecule has 1 aliphatic heterocycles. The van der Waals surface area contributed by atoms with Crippen LogP contribution in [0.1, 0.15) is 39.7 Å². The highest BCUT2D eigenvalue weighted by Gasteiger charge is 2.53. The molecule has 50 heavy (non-hydrogen) atoms. The number of benzene rings is 1. The van der Waals surface area contributed by atoms with Crippen molar-refractivity contribution in [2.75, 3.05) is 13.2 Å². The Morgan fingerprint density at radius 3 is 2.14 bits per heavy atom. The van der Waals surface area contributed by atoms with Crippen LogP contribution in [0, 0.1) is 28.9 Å². The lowest BCUT2D eigenvalue weighted by atomic mass is 9.92. The van der Waals surface area contributed by atoms with Gasteiger partial charge in [0, 0.05) is 38.3 Å². The zero-order chi connectivity index (χ0) is 36.5. The summed E-state index contributed by atoms with van der Waals surface area (Å²) in [4.78, 5) is 43.7. The molecule has 1 saturated heterocycles. The maximum absolute atomic E-state index is 15.7. The minimum absolute atomic E-state index is 0.304. The summed E-state index contributed by atoms with van der Waals surface area (Å²) >= 11 is 0. The fourth-order valence-electron chi connectivity index (χ4n) is 5.16. The maximum atomic E-state index is 15.7. The Morgan fingerprint density at radius 2 is 1.62 bits per heavy atom. The molecule has 0 saturated carbocycles. The van der Waals surface area contributed by atoms with Crippen molar-refractivity contribution in [2.45, 2.75) is 77.4 Å². The summed E-state index contributed by atoms with van der Waals surface area (Å²) in [5.41, 5.74) is -2.48. The number of carbonyl (C=O) groups excluding carboxylic acids is 3. The number of hydrogen-bond donors (Lipinski definition) is 0. The van der Waals surface area contributed by atoms with E-state index in [1.807, 2.05) is 6.07 Å². The van der Waals surface area contributed by atoms with Crippen molar-refractivity contribution in [1.82, 2.24) is 29.5 Å². The van der Waals surface area contributed by atoms with E-state index in [1.54, 1.807) is 0 Å². The Labute approximate surface area is 284 Å². The Balaban J connectivity index is 1.83. The summed E-state index contributed by atoms with van der Waals surface area (Å²) in [5, 5.41) is 17.3. The molecule has 0 radical (unpaired) electrons. The van der Waals surface area contributed by atoms with Crippen LogP contribution in [0.5, 0.6) is 0 Å². The van der Waals surface area contributed by atoms with Crippen LogP contribution in [0.25, 0.3) is 0 Å². The third-order valence-electron chi connectivity index (χ3n) is 7.17. The van der Waals surface area contributed by atoms with Crippen molar-refractivity contribution < 1.29 is 60.2 Å². The number of rotatable bonds is 16. The zero-order valence-electron chi connectivity index (χ0n) is 27.3. The first-order valence-corrected chi connectivity index (χ1v) is 16.4. The number of carbonyl (C=O) groups is 3. The number of nitriles is 1. The number of halogens is 2. The molecule has 1 aromatic carbocycles. The van der Waals surface area contributed by atoms with Gasteiger partial charge in [0.15, 0.2) is 12.4 Å². The molecule has 2 aromatic heterocycles. The van der Waals surface area contributed by atoms with Gasteiger partial charge >= 0.3 is 25.7 Å².